The average Bonchev–Trinajstić information content (AvgIpc) is 2.35. The van der Waals surface area contributed by atoms with E-state index in [1.54, 1.807) is 0 Å². The molecule has 1 heterocycles. The Labute approximate surface area is 111 Å². The topological polar surface area (TPSA) is 16.1 Å². The molecular formula is C12H19BrN2S. The molecule has 1 atom stereocenters. The van der Waals surface area contributed by atoms with E-state index in [-0.39, 0.29) is 0 Å². The fourth-order valence-electron chi connectivity index (χ4n) is 1.59. The Hall–Kier alpha value is -0.220. The third-order valence-corrected chi connectivity index (χ3v) is 4.07. The highest BCUT2D eigenvalue weighted by Crippen LogP contribution is 2.17. The van der Waals surface area contributed by atoms with Gasteiger partial charge in [0.05, 0.1) is 0 Å². The zero-order chi connectivity index (χ0) is 12.0. The summed E-state index contributed by atoms with van der Waals surface area (Å²) in [6.07, 6.45) is 5.24. The van der Waals surface area contributed by atoms with Gasteiger partial charge in [0.2, 0.25) is 0 Å². The number of halogens is 1. The van der Waals surface area contributed by atoms with E-state index in [9.17, 15) is 0 Å². The summed E-state index contributed by atoms with van der Waals surface area (Å²) in [6.45, 7) is 2.23. The van der Waals surface area contributed by atoms with E-state index in [0.29, 0.717) is 6.04 Å². The van der Waals surface area contributed by atoms with Gasteiger partial charge in [0, 0.05) is 30.4 Å². The molecule has 0 aliphatic carbocycles. The second-order valence-corrected chi connectivity index (χ2v) is 5.26. The maximum atomic E-state index is 4.49. The second kappa shape index (κ2) is 7.17. The summed E-state index contributed by atoms with van der Waals surface area (Å²) in [7, 11) is 2.13. The van der Waals surface area contributed by atoms with E-state index in [1.165, 1.54) is 5.56 Å². The van der Waals surface area contributed by atoms with Crippen molar-refractivity contribution in [3.05, 3.63) is 23.9 Å². The van der Waals surface area contributed by atoms with Crippen molar-refractivity contribution in [3.8, 4) is 0 Å². The Morgan fingerprint density at radius 1 is 1.50 bits per heavy atom. The molecule has 0 aromatic carbocycles. The minimum atomic E-state index is 0.567. The summed E-state index contributed by atoms with van der Waals surface area (Å²) < 4.78 is 0. The summed E-state index contributed by atoms with van der Waals surface area (Å²) in [5.41, 5.74) is 1.22. The van der Waals surface area contributed by atoms with Gasteiger partial charge in [0.25, 0.3) is 0 Å². The Morgan fingerprint density at radius 3 is 2.69 bits per heavy atom. The molecule has 0 bridgehead atoms. The molecule has 90 valence electrons. The monoisotopic (exact) mass is 302 g/mol. The van der Waals surface area contributed by atoms with Crippen LogP contribution in [0.4, 0.5) is 5.82 Å². The predicted octanol–water partition coefficient (Wildman–Crippen LogP) is 3.55. The molecule has 1 rings (SSSR count). The number of pyridine rings is 1. The van der Waals surface area contributed by atoms with Gasteiger partial charge >= 0.3 is 0 Å². The Kier molecular flexibility index (Phi) is 6.21. The van der Waals surface area contributed by atoms with Crippen molar-refractivity contribution >= 4 is 33.5 Å². The van der Waals surface area contributed by atoms with Crippen molar-refractivity contribution in [1.29, 1.82) is 0 Å². The van der Waals surface area contributed by atoms with Crippen molar-refractivity contribution in [2.24, 2.45) is 0 Å². The summed E-state index contributed by atoms with van der Waals surface area (Å²) in [5, 5.41) is 0.867. The van der Waals surface area contributed by atoms with Crippen LogP contribution in [0.15, 0.2) is 18.3 Å². The van der Waals surface area contributed by atoms with E-state index >= 15 is 0 Å². The van der Waals surface area contributed by atoms with Crippen LogP contribution in [-0.2, 0) is 5.33 Å². The van der Waals surface area contributed by atoms with Gasteiger partial charge in [0.15, 0.2) is 0 Å². The van der Waals surface area contributed by atoms with Crippen molar-refractivity contribution in [2.45, 2.75) is 24.7 Å². The van der Waals surface area contributed by atoms with Crippen molar-refractivity contribution < 1.29 is 0 Å². The lowest BCUT2D eigenvalue weighted by Crippen LogP contribution is -2.33. The van der Waals surface area contributed by atoms with Crippen LogP contribution in [0.5, 0.6) is 0 Å². The number of hydrogen-bond acceptors (Lipinski definition) is 3. The lowest BCUT2D eigenvalue weighted by Gasteiger charge is -2.27. The first-order valence-electron chi connectivity index (χ1n) is 5.45. The largest absolute Gasteiger partial charge is 0.356 e. The quantitative estimate of drug-likeness (QED) is 0.748. The molecule has 0 fully saturated rings. The van der Waals surface area contributed by atoms with Crippen LogP contribution in [0.25, 0.3) is 0 Å². The summed E-state index contributed by atoms with van der Waals surface area (Å²) in [4.78, 5) is 6.76. The third kappa shape index (κ3) is 3.67. The van der Waals surface area contributed by atoms with Crippen LogP contribution < -0.4 is 4.90 Å². The van der Waals surface area contributed by atoms with Gasteiger partial charge in [-0.05, 0) is 24.3 Å². The van der Waals surface area contributed by atoms with Crippen LogP contribution in [-0.4, -0.2) is 30.1 Å². The number of anilines is 1. The number of rotatable bonds is 6. The average molecular weight is 303 g/mol. The second-order valence-electron chi connectivity index (χ2n) is 3.79. The van der Waals surface area contributed by atoms with E-state index in [2.05, 4.69) is 58.2 Å². The number of nitrogens with zero attached hydrogens (tertiary/aromatic N) is 2. The van der Waals surface area contributed by atoms with E-state index in [4.69, 9.17) is 0 Å². The van der Waals surface area contributed by atoms with Gasteiger partial charge in [-0.25, -0.2) is 4.98 Å². The number of hydrogen-bond donors (Lipinski definition) is 0. The minimum Gasteiger partial charge on any atom is -0.356 e. The molecule has 1 unspecified atom stereocenters. The van der Waals surface area contributed by atoms with Crippen LogP contribution in [0.2, 0.25) is 0 Å². The maximum Gasteiger partial charge on any atom is 0.128 e. The summed E-state index contributed by atoms with van der Waals surface area (Å²) in [6, 6.07) is 4.79. The van der Waals surface area contributed by atoms with Crippen molar-refractivity contribution in [3.63, 3.8) is 0 Å². The molecule has 0 aliphatic rings. The first-order valence-corrected chi connectivity index (χ1v) is 7.97. The third-order valence-electron chi connectivity index (χ3n) is 2.70. The molecule has 1 aromatic heterocycles. The van der Waals surface area contributed by atoms with Gasteiger partial charge < -0.3 is 4.90 Å². The number of aromatic nitrogens is 1. The number of alkyl halides is 1. The van der Waals surface area contributed by atoms with E-state index in [1.807, 2.05) is 18.0 Å². The molecular weight excluding hydrogens is 284 g/mol. The first kappa shape index (κ1) is 13.8. The molecule has 0 spiro atoms. The minimum absolute atomic E-state index is 0.567. The van der Waals surface area contributed by atoms with Gasteiger partial charge in [0.1, 0.15) is 5.82 Å². The normalized spacial score (nSPS) is 12.5. The molecule has 1 aromatic rings. The van der Waals surface area contributed by atoms with Gasteiger partial charge in [-0.3, -0.25) is 0 Å². The Balaban J connectivity index is 2.73. The number of thioether (sulfide) groups is 1. The molecule has 0 N–H and O–H groups in total. The highest BCUT2D eigenvalue weighted by Gasteiger charge is 2.13. The standard InChI is InChI=1S/C12H19BrN2S/c1-4-11(9-16-3)15(2)12-6-5-10(7-13)8-14-12/h5-6,8,11H,4,7,9H2,1-3H3. The molecule has 4 heteroatoms. The van der Waals surface area contributed by atoms with Crippen LogP contribution >= 0.6 is 27.7 Å². The molecule has 0 saturated heterocycles. The van der Waals surface area contributed by atoms with Gasteiger partial charge in [-0.15, -0.1) is 0 Å². The van der Waals surface area contributed by atoms with Crippen molar-refractivity contribution in [2.75, 3.05) is 24.0 Å². The first-order chi connectivity index (χ1) is 7.72. The Morgan fingerprint density at radius 2 is 2.25 bits per heavy atom. The van der Waals surface area contributed by atoms with Crippen LogP contribution in [0.1, 0.15) is 18.9 Å². The lowest BCUT2D eigenvalue weighted by molar-refractivity contribution is 0.666. The summed E-state index contributed by atoms with van der Waals surface area (Å²) >= 11 is 5.32. The molecule has 0 aliphatic heterocycles. The van der Waals surface area contributed by atoms with Crippen molar-refractivity contribution in [1.82, 2.24) is 4.98 Å². The van der Waals surface area contributed by atoms with E-state index < -0.39 is 0 Å². The van der Waals surface area contributed by atoms with Gasteiger partial charge in [-0.2, -0.15) is 11.8 Å². The molecule has 0 saturated carbocycles. The summed E-state index contributed by atoms with van der Waals surface area (Å²) in [5.74, 6) is 2.21. The smallest absolute Gasteiger partial charge is 0.128 e. The fourth-order valence-corrected chi connectivity index (χ4v) is 2.76. The molecule has 2 nitrogen and oxygen atoms in total. The SMILES string of the molecule is CCC(CSC)N(C)c1ccc(CBr)cn1. The maximum absolute atomic E-state index is 4.49. The van der Waals surface area contributed by atoms with Crippen LogP contribution in [0.3, 0.4) is 0 Å². The molecule has 0 radical (unpaired) electrons. The lowest BCUT2D eigenvalue weighted by atomic mass is 10.2. The van der Waals surface area contributed by atoms with Gasteiger partial charge in [-0.1, -0.05) is 28.9 Å². The molecule has 16 heavy (non-hydrogen) atoms. The molecule has 0 amide bonds. The Bertz CT molecular complexity index is 302. The van der Waals surface area contributed by atoms with Crippen LogP contribution in [0, 0.1) is 0 Å². The van der Waals surface area contributed by atoms with E-state index in [0.717, 1.165) is 23.3 Å². The fraction of sp³-hybridized carbons (Fsp3) is 0.583. The predicted molar refractivity (Wildman–Crippen MR) is 77.7 cm³/mol. The highest BCUT2D eigenvalue weighted by atomic mass is 79.9. The highest BCUT2D eigenvalue weighted by molar-refractivity contribution is 9.08. The zero-order valence-corrected chi connectivity index (χ0v) is 12.5. The zero-order valence-electron chi connectivity index (χ0n) is 10.1.